The third kappa shape index (κ3) is 3.54. The van der Waals surface area contributed by atoms with Gasteiger partial charge in [-0.25, -0.2) is 4.79 Å². The molecule has 0 bridgehead atoms. The Kier molecular flexibility index (Phi) is 5.33. The number of rotatable bonds is 6. The number of hydrogen-bond donors (Lipinski definition) is 0. The fourth-order valence-corrected chi connectivity index (χ4v) is 3.63. The Labute approximate surface area is 134 Å². The quantitative estimate of drug-likeness (QED) is 0.557. The van der Waals surface area contributed by atoms with Crippen molar-refractivity contribution in [2.24, 2.45) is 0 Å². The molecule has 2 rings (SSSR count). The van der Waals surface area contributed by atoms with E-state index >= 15 is 0 Å². The molecule has 126 valence electrons. The maximum atomic E-state index is 12.1. The van der Waals surface area contributed by atoms with Gasteiger partial charge in [0.05, 0.1) is 24.9 Å². The average Bonchev–Trinajstić information content (AvgIpc) is 3.19. The summed E-state index contributed by atoms with van der Waals surface area (Å²) in [7, 11) is 0. The molecule has 0 amide bonds. The highest BCUT2D eigenvalue weighted by atomic mass is 16.5. The minimum absolute atomic E-state index is 0.00211. The summed E-state index contributed by atoms with van der Waals surface area (Å²) in [5, 5.41) is 0. The summed E-state index contributed by atoms with van der Waals surface area (Å²) < 4.78 is 11.5. The van der Waals surface area contributed by atoms with E-state index in [-0.39, 0.29) is 23.7 Å². The molecule has 1 fully saturated rings. The summed E-state index contributed by atoms with van der Waals surface area (Å²) in [6.07, 6.45) is 5.06. The second-order valence-electron chi connectivity index (χ2n) is 7.29. The highest BCUT2D eigenvalue weighted by molar-refractivity contribution is 5.89. The summed E-state index contributed by atoms with van der Waals surface area (Å²) in [6.45, 7) is 13.3. The Hall–Kier alpha value is -0.870. The van der Waals surface area contributed by atoms with E-state index < -0.39 is 0 Å². The summed E-state index contributed by atoms with van der Waals surface area (Å²) in [5.74, 6) is -0.181. The van der Waals surface area contributed by atoms with Gasteiger partial charge in [0.2, 0.25) is 0 Å². The third-order valence-electron chi connectivity index (χ3n) is 4.69. The van der Waals surface area contributed by atoms with E-state index in [4.69, 9.17) is 9.47 Å². The molecule has 4 heteroatoms. The van der Waals surface area contributed by atoms with Crippen molar-refractivity contribution in [1.82, 2.24) is 4.90 Å². The minimum Gasteiger partial charge on any atom is -0.463 e. The van der Waals surface area contributed by atoms with Crippen LogP contribution in [0.15, 0.2) is 11.6 Å². The first kappa shape index (κ1) is 17.5. The zero-order valence-electron chi connectivity index (χ0n) is 14.9. The van der Waals surface area contributed by atoms with Crippen LogP contribution in [0, 0.1) is 0 Å². The van der Waals surface area contributed by atoms with Gasteiger partial charge in [-0.2, -0.15) is 0 Å². The number of ether oxygens (including phenoxy) is 2. The molecule has 0 radical (unpaired) electrons. The van der Waals surface area contributed by atoms with Crippen LogP contribution in [0.3, 0.4) is 0 Å². The first-order chi connectivity index (χ1) is 10.3. The molecule has 1 heterocycles. The lowest BCUT2D eigenvalue weighted by Gasteiger charge is -2.26. The van der Waals surface area contributed by atoms with E-state index in [1.807, 2.05) is 13.0 Å². The summed E-state index contributed by atoms with van der Waals surface area (Å²) in [4.78, 5) is 14.6. The third-order valence-corrected chi connectivity index (χ3v) is 4.69. The number of fused-ring (bicyclic) bond motifs is 1. The fraction of sp³-hybridized carbons (Fsp3) is 0.833. The van der Waals surface area contributed by atoms with E-state index in [0.29, 0.717) is 18.7 Å². The lowest BCUT2D eigenvalue weighted by Crippen LogP contribution is -2.34. The lowest BCUT2D eigenvalue weighted by atomic mass is 9.97. The average molecular weight is 309 g/mol. The molecule has 0 aromatic heterocycles. The topological polar surface area (TPSA) is 38.5 Å². The van der Waals surface area contributed by atoms with Crippen LogP contribution >= 0.6 is 0 Å². The highest BCUT2D eigenvalue weighted by Crippen LogP contribution is 2.47. The predicted molar refractivity (Wildman–Crippen MR) is 87.7 cm³/mol. The van der Waals surface area contributed by atoms with Gasteiger partial charge in [-0.15, -0.1) is 0 Å². The van der Waals surface area contributed by atoms with Crippen LogP contribution in [-0.4, -0.2) is 47.3 Å². The number of carbonyl (C=O) groups excluding carboxylic acids is 1. The van der Waals surface area contributed by atoms with Crippen molar-refractivity contribution in [3.05, 3.63) is 11.6 Å². The van der Waals surface area contributed by atoms with Crippen molar-refractivity contribution in [3.8, 4) is 0 Å². The minimum atomic E-state index is -0.181. The standard InChI is InChI=1S/C18H31NO3/c1-7-13(8-2)22-15-11-12(17(20)21-9-3)10-14-16(15)19(14)18(4,5)6/h11,13-16H,7-10H2,1-6H3/t14-,15-,16-,19?/m1/s1. The van der Waals surface area contributed by atoms with Crippen molar-refractivity contribution in [3.63, 3.8) is 0 Å². The molecule has 4 nitrogen and oxygen atoms in total. The maximum absolute atomic E-state index is 12.1. The molecule has 2 aliphatic rings. The fourth-order valence-electron chi connectivity index (χ4n) is 3.63. The molecule has 1 saturated heterocycles. The van der Waals surface area contributed by atoms with E-state index in [1.54, 1.807) is 0 Å². The molecular weight excluding hydrogens is 278 g/mol. The van der Waals surface area contributed by atoms with E-state index in [9.17, 15) is 4.79 Å². The van der Waals surface area contributed by atoms with Crippen LogP contribution in [0.1, 0.15) is 60.8 Å². The van der Waals surface area contributed by atoms with Crippen LogP contribution < -0.4 is 0 Å². The Morgan fingerprint density at radius 2 is 1.95 bits per heavy atom. The molecule has 1 aliphatic heterocycles. The van der Waals surface area contributed by atoms with Gasteiger partial charge in [-0.1, -0.05) is 13.8 Å². The molecule has 0 aromatic rings. The lowest BCUT2D eigenvalue weighted by molar-refractivity contribution is -0.138. The molecule has 22 heavy (non-hydrogen) atoms. The molecule has 0 N–H and O–H groups in total. The zero-order chi connectivity index (χ0) is 16.5. The summed E-state index contributed by atoms with van der Waals surface area (Å²) in [6, 6.07) is 0.808. The molecule has 0 saturated carbocycles. The van der Waals surface area contributed by atoms with E-state index in [2.05, 4.69) is 39.5 Å². The Balaban J connectivity index is 2.17. The van der Waals surface area contributed by atoms with Crippen molar-refractivity contribution in [2.75, 3.05) is 6.61 Å². The molecule has 4 atom stereocenters. The predicted octanol–water partition coefficient (Wildman–Crippen LogP) is 3.30. The van der Waals surface area contributed by atoms with Gasteiger partial charge in [0.15, 0.2) is 0 Å². The SMILES string of the molecule is CCOC(=O)C1=C[C@@H](OC(CC)CC)[C@H]2[C@@H](C1)N2C(C)(C)C. The normalized spacial score (nSPS) is 30.8. The van der Waals surface area contributed by atoms with Crippen molar-refractivity contribution in [2.45, 2.75) is 90.6 Å². The molecular formula is C18H31NO3. The Bertz CT molecular complexity index is 434. The summed E-state index contributed by atoms with van der Waals surface area (Å²) in [5.41, 5.74) is 0.883. The van der Waals surface area contributed by atoms with Crippen LogP contribution in [0.4, 0.5) is 0 Å². The number of carbonyl (C=O) groups is 1. The van der Waals surface area contributed by atoms with Gasteiger partial charge in [-0.05, 0) is 53.0 Å². The number of nitrogens with zero attached hydrogens (tertiary/aromatic N) is 1. The smallest absolute Gasteiger partial charge is 0.333 e. The van der Waals surface area contributed by atoms with Gasteiger partial charge in [-0.3, -0.25) is 4.90 Å². The van der Waals surface area contributed by atoms with Gasteiger partial charge in [0, 0.05) is 17.2 Å². The monoisotopic (exact) mass is 309 g/mol. The first-order valence-corrected chi connectivity index (χ1v) is 8.65. The van der Waals surface area contributed by atoms with Gasteiger partial charge in [0.25, 0.3) is 0 Å². The van der Waals surface area contributed by atoms with Crippen molar-refractivity contribution < 1.29 is 14.3 Å². The van der Waals surface area contributed by atoms with E-state index in [1.165, 1.54) is 0 Å². The van der Waals surface area contributed by atoms with Gasteiger partial charge < -0.3 is 9.47 Å². The van der Waals surface area contributed by atoms with Crippen LogP contribution in [0.25, 0.3) is 0 Å². The van der Waals surface area contributed by atoms with Gasteiger partial charge >= 0.3 is 5.97 Å². The molecule has 0 spiro atoms. The zero-order valence-corrected chi connectivity index (χ0v) is 14.9. The Morgan fingerprint density at radius 3 is 2.45 bits per heavy atom. The second-order valence-corrected chi connectivity index (χ2v) is 7.29. The number of hydrogen-bond acceptors (Lipinski definition) is 4. The van der Waals surface area contributed by atoms with Crippen LogP contribution in [0.2, 0.25) is 0 Å². The Morgan fingerprint density at radius 1 is 1.32 bits per heavy atom. The molecule has 0 aromatic carbocycles. The number of esters is 1. The van der Waals surface area contributed by atoms with Gasteiger partial charge in [0.1, 0.15) is 0 Å². The van der Waals surface area contributed by atoms with Crippen molar-refractivity contribution >= 4 is 5.97 Å². The van der Waals surface area contributed by atoms with Crippen molar-refractivity contribution in [1.29, 1.82) is 0 Å². The highest BCUT2D eigenvalue weighted by Gasteiger charge is 2.59. The molecule has 1 unspecified atom stereocenters. The largest absolute Gasteiger partial charge is 0.463 e. The second kappa shape index (κ2) is 6.71. The van der Waals surface area contributed by atoms with Crippen LogP contribution in [0.5, 0.6) is 0 Å². The molecule has 1 aliphatic carbocycles. The van der Waals surface area contributed by atoms with Crippen LogP contribution in [-0.2, 0) is 14.3 Å². The van der Waals surface area contributed by atoms with E-state index in [0.717, 1.165) is 24.8 Å². The first-order valence-electron chi connectivity index (χ1n) is 8.65. The summed E-state index contributed by atoms with van der Waals surface area (Å²) >= 11 is 0. The maximum Gasteiger partial charge on any atom is 0.333 e.